The predicted octanol–water partition coefficient (Wildman–Crippen LogP) is 2.05. The maximum atomic E-state index is 12.8. The fraction of sp³-hybridized carbons (Fsp3) is 0.143. The van der Waals surface area contributed by atoms with Crippen molar-refractivity contribution in [3.63, 3.8) is 0 Å². The number of anilines is 1. The summed E-state index contributed by atoms with van der Waals surface area (Å²) in [6, 6.07) is 12.0. The number of hydrogen-bond acceptors (Lipinski definition) is 6. The van der Waals surface area contributed by atoms with Gasteiger partial charge in [-0.05, 0) is 52.7 Å². The predicted molar refractivity (Wildman–Crippen MR) is 122 cm³/mol. The van der Waals surface area contributed by atoms with E-state index in [0.29, 0.717) is 21.4 Å². The highest BCUT2D eigenvalue weighted by Crippen LogP contribution is 2.34. The van der Waals surface area contributed by atoms with E-state index in [1.807, 2.05) is 6.07 Å². The third-order valence-electron chi connectivity index (χ3n) is 4.65. The van der Waals surface area contributed by atoms with E-state index in [0.717, 1.165) is 0 Å². The highest BCUT2D eigenvalue weighted by Gasteiger charge is 2.21. The van der Waals surface area contributed by atoms with Crippen molar-refractivity contribution < 1.29 is 19.4 Å². The average Bonchev–Trinajstić information content (AvgIpc) is 2.99. The average molecular weight is 502 g/mol. The molecule has 0 saturated carbocycles. The number of nitrogens with one attached hydrogen (secondary N) is 2. The zero-order chi connectivity index (χ0) is 23.4. The van der Waals surface area contributed by atoms with Gasteiger partial charge >= 0.3 is 11.8 Å². The summed E-state index contributed by atoms with van der Waals surface area (Å²) in [6.07, 6.45) is 1.27. The summed E-state index contributed by atoms with van der Waals surface area (Å²) >= 11 is 3.18. The summed E-state index contributed by atoms with van der Waals surface area (Å²) < 4.78 is 8.38. The van der Waals surface area contributed by atoms with Gasteiger partial charge in [-0.15, -0.1) is 0 Å². The number of nitrogens with zero attached hydrogens (tertiary/aromatic N) is 3. The molecule has 0 spiro atoms. The third kappa shape index (κ3) is 4.57. The molecule has 1 aromatic heterocycles. The summed E-state index contributed by atoms with van der Waals surface area (Å²) in [6.45, 7) is 1.66. The minimum absolute atomic E-state index is 0.00677. The van der Waals surface area contributed by atoms with Crippen molar-refractivity contribution in [2.75, 3.05) is 12.4 Å². The first kappa shape index (κ1) is 22.8. The fourth-order valence-corrected chi connectivity index (χ4v) is 3.38. The molecule has 32 heavy (non-hydrogen) atoms. The van der Waals surface area contributed by atoms with Crippen molar-refractivity contribution in [1.82, 2.24) is 14.8 Å². The zero-order valence-electron chi connectivity index (χ0n) is 17.4. The number of hydrazone groups is 1. The van der Waals surface area contributed by atoms with Crippen molar-refractivity contribution in [3.05, 3.63) is 68.5 Å². The van der Waals surface area contributed by atoms with Crippen LogP contribution in [0.2, 0.25) is 0 Å². The molecule has 10 nitrogen and oxygen atoms in total. The molecule has 0 radical (unpaired) electrons. The minimum atomic E-state index is -1.06. The van der Waals surface area contributed by atoms with Crippen molar-refractivity contribution in [3.8, 4) is 17.2 Å². The van der Waals surface area contributed by atoms with E-state index in [9.17, 15) is 19.5 Å². The van der Waals surface area contributed by atoms with Gasteiger partial charge in [0, 0.05) is 7.05 Å². The van der Waals surface area contributed by atoms with Crippen molar-refractivity contribution >= 4 is 39.6 Å². The van der Waals surface area contributed by atoms with Crippen LogP contribution in [-0.4, -0.2) is 39.6 Å². The molecule has 0 aliphatic heterocycles. The summed E-state index contributed by atoms with van der Waals surface area (Å²) in [5, 5.41) is 15.9. The van der Waals surface area contributed by atoms with Gasteiger partial charge < -0.3 is 15.2 Å². The quantitative estimate of drug-likeness (QED) is 0.280. The zero-order valence-corrected chi connectivity index (χ0v) is 19.0. The van der Waals surface area contributed by atoms with Crippen LogP contribution < -0.4 is 21.0 Å². The van der Waals surface area contributed by atoms with Crippen LogP contribution >= 0.6 is 15.9 Å². The largest absolute Gasteiger partial charge is 0.503 e. The van der Waals surface area contributed by atoms with E-state index in [4.69, 9.17) is 4.74 Å². The number of phenolic OH excluding ortho intramolecular Hbond substituents is 1. The summed E-state index contributed by atoms with van der Waals surface area (Å²) in [4.78, 5) is 37.3. The number of para-hydroxylation sites is 1. The fourth-order valence-electron chi connectivity index (χ4n) is 2.92. The van der Waals surface area contributed by atoms with Gasteiger partial charge in [0.05, 0.1) is 29.2 Å². The molecule has 166 valence electrons. The molecule has 0 atom stereocenters. The second-order valence-corrected chi connectivity index (χ2v) is 7.50. The number of carbonyl (C=O) groups excluding carboxylic acids is 2. The Morgan fingerprint density at radius 3 is 2.53 bits per heavy atom. The van der Waals surface area contributed by atoms with Crippen LogP contribution in [0.5, 0.6) is 11.5 Å². The summed E-state index contributed by atoms with van der Waals surface area (Å²) in [7, 11) is 3.07. The van der Waals surface area contributed by atoms with Gasteiger partial charge in [-0.2, -0.15) is 5.10 Å². The second-order valence-electron chi connectivity index (χ2n) is 6.64. The lowest BCUT2D eigenvalue weighted by molar-refractivity contribution is -0.136. The van der Waals surface area contributed by atoms with Crippen LogP contribution in [0, 0.1) is 6.92 Å². The van der Waals surface area contributed by atoms with E-state index in [1.165, 1.54) is 24.1 Å². The number of carbonyl (C=O) groups is 2. The van der Waals surface area contributed by atoms with E-state index in [1.54, 1.807) is 49.0 Å². The number of halogens is 1. The van der Waals surface area contributed by atoms with Gasteiger partial charge in [-0.3, -0.25) is 19.1 Å². The van der Waals surface area contributed by atoms with Crippen LogP contribution in [-0.2, 0) is 16.6 Å². The van der Waals surface area contributed by atoms with E-state index in [2.05, 4.69) is 31.8 Å². The van der Waals surface area contributed by atoms with E-state index in [-0.39, 0.29) is 17.2 Å². The maximum absolute atomic E-state index is 12.8. The normalized spacial score (nSPS) is 10.9. The van der Waals surface area contributed by atoms with Crippen molar-refractivity contribution in [1.29, 1.82) is 0 Å². The van der Waals surface area contributed by atoms with Gasteiger partial charge in [0.15, 0.2) is 11.5 Å². The van der Waals surface area contributed by atoms with Gasteiger partial charge in [-0.1, -0.05) is 18.2 Å². The van der Waals surface area contributed by atoms with E-state index < -0.39 is 17.4 Å². The Kier molecular flexibility index (Phi) is 6.79. The topological polar surface area (TPSA) is 127 Å². The lowest BCUT2D eigenvalue weighted by Crippen LogP contribution is -2.34. The Labute approximate surface area is 191 Å². The summed E-state index contributed by atoms with van der Waals surface area (Å²) in [5.74, 6) is -1.97. The van der Waals surface area contributed by atoms with Crippen LogP contribution in [0.15, 0.2) is 56.8 Å². The number of aromatic hydroxyl groups is 1. The second kappa shape index (κ2) is 9.52. The first-order valence-corrected chi connectivity index (χ1v) is 10.1. The number of ether oxygens (including phenoxy) is 1. The minimum Gasteiger partial charge on any atom is -0.503 e. The highest BCUT2D eigenvalue weighted by atomic mass is 79.9. The van der Waals surface area contributed by atoms with E-state index >= 15 is 0 Å². The first-order valence-electron chi connectivity index (χ1n) is 9.29. The molecule has 0 fully saturated rings. The number of methoxy groups -OCH3 is 1. The molecule has 3 N–H and O–H groups in total. The monoisotopic (exact) mass is 501 g/mol. The van der Waals surface area contributed by atoms with Crippen LogP contribution in [0.1, 0.15) is 11.3 Å². The van der Waals surface area contributed by atoms with Gasteiger partial charge in [0.25, 0.3) is 5.56 Å². The molecular formula is C21H20BrN5O5. The number of hydrogen-bond donors (Lipinski definition) is 3. The Morgan fingerprint density at radius 1 is 1.19 bits per heavy atom. The Hall–Kier alpha value is -3.86. The molecule has 3 aromatic rings. The number of amides is 2. The molecule has 0 aliphatic carbocycles. The Balaban J connectivity index is 1.73. The SMILES string of the molecule is COc1cc(/C=N/NC(=O)C(=O)Nc2c(C)n(C)n(-c3ccccc3)c2=O)cc(Br)c1O. The number of benzene rings is 2. The molecule has 0 aliphatic rings. The van der Waals surface area contributed by atoms with Crippen LogP contribution in [0.3, 0.4) is 0 Å². The molecular weight excluding hydrogens is 482 g/mol. The van der Waals surface area contributed by atoms with Crippen molar-refractivity contribution in [2.45, 2.75) is 6.92 Å². The molecule has 0 bridgehead atoms. The molecule has 2 aromatic carbocycles. The standard InChI is InChI=1S/C21H20BrN5O5/c1-12-17(21(31)27(26(12)2)14-7-5-4-6-8-14)24-19(29)20(30)25-23-11-13-9-15(22)18(28)16(10-13)32-3/h4-11,28H,1-3H3,(H,24,29)(H,25,30)/b23-11+. The van der Waals surface area contributed by atoms with Crippen LogP contribution in [0.4, 0.5) is 5.69 Å². The molecule has 0 saturated heterocycles. The molecule has 0 unspecified atom stereocenters. The number of rotatable bonds is 5. The van der Waals surface area contributed by atoms with Crippen LogP contribution in [0.25, 0.3) is 5.69 Å². The lowest BCUT2D eigenvalue weighted by Gasteiger charge is -2.07. The van der Waals surface area contributed by atoms with Gasteiger partial charge in [0.1, 0.15) is 5.69 Å². The third-order valence-corrected chi connectivity index (χ3v) is 5.25. The molecule has 3 rings (SSSR count). The summed E-state index contributed by atoms with van der Waals surface area (Å²) in [5.41, 5.74) is 3.21. The highest BCUT2D eigenvalue weighted by molar-refractivity contribution is 9.10. The molecule has 11 heteroatoms. The number of aromatic nitrogens is 2. The number of phenols is 1. The Morgan fingerprint density at radius 2 is 1.88 bits per heavy atom. The molecule has 1 heterocycles. The van der Waals surface area contributed by atoms with Crippen molar-refractivity contribution in [2.24, 2.45) is 12.1 Å². The molecule has 2 amide bonds. The first-order chi connectivity index (χ1) is 15.2. The lowest BCUT2D eigenvalue weighted by atomic mass is 10.2. The Bertz CT molecular complexity index is 1260. The van der Waals surface area contributed by atoms with Gasteiger partial charge in [0.2, 0.25) is 0 Å². The smallest absolute Gasteiger partial charge is 0.329 e. The van der Waals surface area contributed by atoms with Gasteiger partial charge in [-0.25, -0.2) is 10.1 Å². The maximum Gasteiger partial charge on any atom is 0.329 e.